The van der Waals surface area contributed by atoms with E-state index < -0.39 is 10.8 Å². The first-order valence-corrected chi connectivity index (χ1v) is 11.6. The van der Waals surface area contributed by atoms with Crippen molar-refractivity contribution in [2.24, 2.45) is 4.99 Å². The van der Waals surface area contributed by atoms with Crippen LogP contribution in [0.4, 0.5) is 0 Å². The number of aliphatic imine (C=N–C) groups is 1. The lowest BCUT2D eigenvalue weighted by molar-refractivity contribution is 0.414. The van der Waals surface area contributed by atoms with Crippen LogP contribution >= 0.6 is 47.3 Å². The number of halogens is 2. The fourth-order valence-corrected chi connectivity index (χ4v) is 5.25. The minimum atomic E-state index is -0.694. The molecule has 1 fully saturated rings. The highest BCUT2D eigenvalue weighted by Gasteiger charge is 2.25. The van der Waals surface area contributed by atoms with Crippen molar-refractivity contribution in [2.75, 3.05) is 25.1 Å². The number of hydrogen-bond donors (Lipinski definition) is 2. The third-order valence-electron chi connectivity index (χ3n) is 4.32. The summed E-state index contributed by atoms with van der Waals surface area (Å²) in [5.74, 6) is 2.55. The Balaban J connectivity index is 0.00000338. The van der Waals surface area contributed by atoms with E-state index in [0.29, 0.717) is 11.3 Å². The maximum Gasteiger partial charge on any atom is 0.191 e. The van der Waals surface area contributed by atoms with E-state index in [1.165, 1.54) is 4.90 Å². The van der Waals surface area contributed by atoms with Gasteiger partial charge in [0.15, 0.2) is 5.96 Å². The Hall–Kier alpha value is 0.01000. The highest BCUT2D eigenvalue weighted by molar-refractivity contribution is 14.0. The molecule has 0 radical (unpaired) electrons. The predicted octanol–water partition coefficient (Wildman–Crippen LogP) is 4.29. The minimum Gasteiger partial charge on any atom is -0.356 e. The van der Waals surface area contributed by atoms with E-state index in [-0.39, 0.29) is 24.0 Å². The molecule has 0 spiro atoms. The van der Waals surface area contributed by atoms with E-state index in [1.807, 2.05) is 31.2 Å². The van der Waals surface area contributed by atoms with E-state index in [2.05, 4.69) is 15.6 Å². The second-order valence-corrected chi connectivity index (χ2v) is 9.71. The third-order valence-corrected chi connectivity index (χ3v) is 7.33. The van der Waals surface area contributed by atoms with Gasteiger partial charge in [0.05, 0.1) is 0 Å². The molecule has 0 heterocycles. The standard InChI is InChI=1S/C18H28ClN3OS2.HI/c1-3-25(23)17-6-4-5-15(13-17)22-18(20-2)21-11-12-24-16-9-7-14(19)8-10-16;/h7-10,15,17H,3-6,11-13H2,1-2H3,(H2,20,21,22);1H. The van der Waals surface area contributed by atoms with Gasteiger partial charge in [-0.25, -0.2) is 0 Å². The van der Waals surface area contributed by atoms with E-state index in [4.69, 9.17) is 11.6 Å². The Morgan fingerprint density at radius 1 is 1.35 bits per heavy atom. The molecule has 3 atom stereocenters. The van der Waals surface area contributed by atoms with Gasteiger partial charge in [-0.05, 0) is 43.5 Å². The lowest BCUT2D eigenvalue weighted by Gasteiger charge is -2.30. The van der Waals surface area contributed by atoms with Gasteiger partial charge < -0.3 is 10.6 Å². The Kier molecular flexibility index (Phi) is 12.2. The van der Waals surface area contributed by atoms with Crippen LogP contribution in [-0.2, 0) is 10.8 Å². The molecular weight excluding hydrogens is 501 g/mol. The molecule has 4 nitrogen and oxygen atoms in total. The molecular formula is C18H29ClIN3OS2. The van der Waals surface area contributed by atoms with Gasteiger partial charge in [0.2, 0.25) is 0 Å². The number of benzene rings is 1. The van der Waals surface area contributed by atoms with Gasteiger partial charge in [-0.15, -0.1) is 35.7 Å². The van der Waals surface area contributed by atoms with Crippen molar-refractivity contribution < 1.29 is 4.21 Å². The SMILES string of the molecule is CCS(=O)C1CCCC(NC(=NC)NCCSc2ccc(Cl)cc2)C1.I. The van der Waals surface area contributed by atoms with Crippen LogP contribution in [0.3, 0.4) is 0 Å². The number of rotatable bonds is 7. The number of hydrogen-bond acceptors (Lipinski definition) is 3. The Morgan fingerprint density at radius 3 is 2.73 bits per heavy atom. The third kappa shape index (κ3) is 8.35. The van der Waals surface area contributed by atoms with Gasteiger partial charge in [-0.2, -0.15) is 0 Å². The van der Waals surface area contributed by atoms with E-state index >= 15 is 0 Å². The molecule has 26 heavy (non-hydrogen) atoms. The summed E-state index contributed by atoms with van der Waals surface area (Å²) >= 11 is 7.69. The fourth-order valence-electron chi connectivity index (χ4n) is 3.01. The average Bonchev–Trinajstić information content (AvgIpc) is 2.65. The Labute approximate surface area is 186 Å². The van der Waals surface area contributed by atoms with Gasteiger partial charge in [-0.1, -0.05) is 24.9 Å². The zero-order chi connectivity index (χ0) is 18.1. The zero-order valence-corrected chi connectivity index (χ0v) is 20.1. The van der Waals surface area contributed by atoms with Gasteiger partial charge in [0.1, 0.15) is 0 Å². The van der Waals surface area contributed by atoms with Gasteiger partial charge >= 0.3 is 0 Å². The van der Waals surface area contributed by atoms with Crippen LogP contribution in [0.5, 0.6) is 0 Å². The molecule has 148 valence electrons. The summed E-state index contributed by atoms with van der Waals surface area (Å²) in [6, 6.07) is 8.27. The molecule has 1 aliphatic carbocycles. The molecule has 2 rings (SSSR count). The van der Waals surface area contributed by atoms with Crippen LogP contribution in [0.15, 0.2) is 34.2 Å². The summed E-state index contributed by atoms with van der Waals surface area (Å²) in [4.78, 5) is 5.53. The number of guanidine groups is 1. The Bertz CT molecular complexity index is 586. The van der Waals surface area contributed by atoms with Crippen LogP contribution in [0.25, 0.3) is 0 Å². The molecule has 1 saturated carbocycles. The van der Waals surface area contributed by atoms with Crippen molar-refractivity contribution in [2.45, 2.75) is 48.8 Å². The van der Waals surface area contributed by atoms with Crippen LogP contribution in [0.1, 0.15) is 32.6 Å². The Morgan fingerprint density at radius 2 is 2.08 bits per heavy atom. The molecule has 1 aromatic carbocycles. The largest absolute Gasteiger partial charge is 0.356 e. The van der Waals surface area contributed by atoms with Crippen molar-refractivity contribution >= 4 is 64.1 Å². The molecule has 1 aliphatic rings. The smallest absolute Gasteiger partial charge is 0.191 e. The predicted molar refractivity (Wildman–Crippen MR) is 127 cm³/mol. The monoisotopic (exact) mass is 529 g/mol. The van der Waals surface area contributed by atoms with Crippen molar-refractivity contribution in [1.29, 1.82) is 0 Å². The first kappa shape index (κ1) is 24.0. The molecule has 2 N–H and O–H groups in total. The normalized spacial score (nSPS) is 21.6. The molecule has 8 heteroatoms. The lowest BCUT2D eigenvalue weighted by Crippen LogP contribution is -2.47. The van der Waals surface area contributed by atoms with Gasteiger partial charge in [0, 0.05) is 57.1 Å². The topological polar surface area (TPSA) is 53.5 Å². The summed E-state index contributed by atoms with van der Waals surface area (Å²) in [6.45, 7) is 2.84. The van der Waals surface area contributed by atoms with Crippen molar-refractivity contribution in [3.8, 4) is 0 Å². The van der Waals surface area contributed by atoms with Crippen molar-refractivity contribution in [3.05, 3.63) is 29.3 Å². The fraction of sp³-hybridized carbons (Fsp3) is 0.611. The van der Waals surface area contributed by atoms with Crippen LogP contribution in [0.2, 0.25) is 5.02 Å². The number of nitrogens with one attached hydrogen (secondary N) is 2. The van der Waals surface area contributed by atoms with Crippen LogP contribution < -0.4 is 10.6 Å². The van der Waals surface area contributed by atoms with Crippen LogP contribution in [0, 0.1) is 0 Å². The van der Waals surface area contributed by atoms with Gasteiger partial charge in [-0.3, -0.25) is 9.20 Å². The van der Waals surface area contributed by atoms with Crippen LogP contribution in [-0.4, -0.2) is 46.6 Å². The second kappa shape index (κ2) is 13.2. The minimum absolute atomic E-state index is 0. The summed E-state index contributed by atoms with van der Waals surface area (Å²) in [5.41, 5.74) is 0. The molecule has 0 aliphatic heterocycles. The first-order valence-electron chi connectivity index (χ1n) is 8.85. The zero-order valence-electron chi connectivity index (χ0n) is 15.4. The molecule has 0 aromatic heterocycles. The number of nitrogens with zero attached hydrogens (tertiary/aromatic N) is 1. The van der Waals surface area contributed by atoms with Crippen molar-refractivity contribution in [3.63, 3.8) is 0 Å². The molecule has 0 saturated heterocycles. The highest BCUT2D eigenvalue weighted by atomic mass is 127. The summed E-state index contributed by atoms with van der Waals surface area (Å²) in [7, 11) is 1.10. The average molecular weight is 530 g/mol. The maximum absolute atomic E-state index is 12.1. The van der Waals surface area contributed by atoms with E-state index in [9.17, 15) is 4.21 Å². The lowest BCUT2D eigenvalue weighted by atomic mass is 9.95. The second-order valence-electron chi connectivity index (χ2n) is 6.10. The van der Waals surface area contributed by atoms with Gasteiger partial charge in [0.25, 0.3) is 0 Å². The molecule has 1 aromatic rings. The quantitative estimate of drug-likeness (QED) is 0.182. The summed E-state index contributed by atoms with van der Waals surface area (Å²) < 4.78 is 12.1. The van der Waals surface area contributed by atoms with E-state index in [1.54, 1.807) is 18.8 Å². The highest BCUT2D eigenvalue weighted by Crippen LogP contribution is 2.23. The number of thioether (sulfide) groups is 1. The van der Waals surface area contributed by atoms with Crippen molar-refractivity contribution in [1.82, 2.24) is 10.6 Å². The molecule has 0 bridgehead atoms. The van der Waals surface area contributed by atoms with E-state index in [0.717, 1.165) is 54.7 Å². The first-order chi connectivity index (χ1) is 12.1. The maximum atomic E-state index is 12.1. The summed E-state index contributed by atoms with van der Waals surface area (Å²) in [5, 5.41) is 7.97. The molecule has 3 unspecified atom stereocenters. The molecule has 0 amide bonds. The summed E-state index contributed by atoms with van der Waals surface area (Å²) in [6.07, 6.45) is 4.32.